The predicted molar refractivity (Wildman–Crippen MR) is 202 cm³/mol. The topological polar surface area (TPSA) is 278 Å². The SMILES string of the molecule is CC(C)CC1NC(=O)C(CC(N)=O)NC(=O)C(CC(N)=O)NC(=O)C(C(C)C)NC(=O)C(NC(=O)C=CC=CC=CC=Cc2ccc(O)cc2)C(C)OC1=O. The van der Waals surface area contributed by atoms with Gasteiger partial charge in [0.2, 0.25) is 41.4 Å². The number of phenols is 1. The monoisotopic (exact) mass is 765 g/mol. The molecule has 0 spiro atoms. The van der Waals surface area contributed by atoms with Crippen molar-refractivity contribution in [1.29, 1.82) is 0 Å². The summed E-state index contributed by atoms with van der Waals surface area (Å²) in [6.07, 6.45) is 10.0. The third kappa shape index (κ3) is 16.1. The Morgan fingerprint density at radius 1 is 0.745 bits per heavy atom. The molecule has 6 unspecified atom stereocenters. The zero-order valence-electron chi connectivity index (χ0n) is 31.4. The first kappa shape index (κ1) is 44.9. The van der Waals surface area contributed by atoms with E-state index in [1.807, 2.05) is 6.08 Å². The van der Waals surface area contributed by atoms with E-state index in [9.17, 15) is 43.5 Å². The summed E-state index contributed by atoms with van der Waals surface area (Å²) in [6, 6.07) is -0.908. The molecule has 10 N–H and O–H groups in total. The number of primary amides is 2. The number of nitrogens with two attached hydrogens (primary N) is 2. The summed E-state index contributed by atoms with van der Waals surface area (Å²) in [5.74, 6) is -8.29. The third-order valence-electron chi connectivity index (χ3n) is 7.97. The maximum atomic E-state index is 13.8. The van der Waals surface area contributed by atoms with Gasteiger partial charge in [-0.05, 0) is 42.9 Å². The van der Waals surface area contributed by atoms with E-state index in [4.69, 9.17) is 16.2 Å². The van der Waals surface area contributed by atoms with Gasteiger partial charge >= 0.3 is 5.97 Å². The molecule has 7 amide bonds. The minimum absolute atomic E-state index is 0.0314. The van der Waals surface area contributed by atoms with E-state index in [0.717, 1.165) is 11.6 Å². The van der Waals surface area contributed by atoms with Crippen molar-refractivity contribution in [3.63, 3.8) is 0 Å². The summed E-state index contributed by atoms with van der Waals surface area (Å²) in [7, 11) is 0. The van der Waals surface area contributed by atoms with Gasteiger partial charge in [0.15, 0.2) is 0 Å². The van der Waals surface area contributed by atoms with Crippen molar-refractivity contribution in [3.05, 3.63) is 72.4 Å². The van der Waals surface area contributed by atoms with Gasteiger partial charge in [0.05, 0.1) is 12.8 Å². The fourth-order valence-corrected chi connectivity index (χ4v) is 5.17. The quantitative estimate of drug-likeness (QED) is 0.0750. The molecule has 0 saturated carbocycles. The van der Waals surface area contributed by atoms with Gasteiger partial charge < -0.3 is 47.9 Å². The molecule has 1 aromatic rings. The standard InChI is InChI=1S/C38H51N7O10/c1-21(2)18-28-38(54)55-23(5)33(44-31(49)13-11-9-7-6-8-10-12-24-14-16-25(46)17-15-24)37(53)45-32(22(3)4)36(52)42-27(20-30(40)48)34(50)41-26(19-29(39)47)35(51)43-28/h6-17,21-23,26-28,32-33,46H,18-20H2,1-5H3,(H2,39,47)(H2,40,48)(H,41,50)(H,42,52)(H,43,51)(H,44,49)(H,45,53). The first-order chi connectivity index (χ1) is 25.9. The molecule has 17 heteroatoms. The summed E-state index contributed by atoms with van der Waals surface area (Å²) < 4.78 is 5.61. The number of cyclic esters (lactones) is 1. The van der Waals surface area contributed by atoms with Gasteiger partial charge in [-0.2, -0.15) is 0 Å². The van der Waals surface area contributed by atoms with Crippen LogP contribution in [-0.4, -0.2) is 88.7 Å². The van der Waals surface area contributed by atoms with Crippen molar-refractivity contribution >= 4 is 53.4 Å². The maximum absolute atomic E-state index is 13.8. The molecular formula is C38H51N7O10. The smallest absolute Gasteiger partial charge is 0.328 e. The van der Waals surface area contributed by atoms with E-state index in [1.165, 1.54) is 13.0 Å². The Hall–Kier alpha value is -6.26. The zero-order chi connectivity index (χ0) is 41.2. The number of aromatic hydroxyl groups is 1. The number of hydrogen-bond acceptors (Lipinski definition) is 10. The molecule has 1 aromatic carbocycles. The second kappa shape index (κ2) is 22.1. The molecule has 1 fully saturated rings. The van der Waals surface area contributed by atoms with E-state index in [-0.39, 0.29) is 18.1 Å². The number of amides is 7. The average Bonchev–Trinajstić information content (AvgIpc) is 3.09. The zero-order valence-corrected chi connectivity index (χ0v) is 31.4. The second-order valence-corrected chi connectivity index (χ2v) is 13.6. The maximum Gasteiger partial charge on any atom is 0.328 e. The van der Waals surface area contributed by atoms with Crippen LogP contribution >= 0.6 is 0 Å². The lowest BCUT2D eigenvalue weighted by Gasteiger charge is -2.31. The van der Waals surface area contributed by atoms with Gasteiger partial charge in [-0.1, -0.05) is 82.4 Å². The lowest BCUT2D eigenvalue weighted by molar-refractivity contribution is -0.156. The van der Waals surface area contributed by atoms with Crippen LogP contribution in [-0.2, 0) is 43.1 Å². The highest BCUT2D eigenvalue weighted by atomic mass is 16.5. The summed E-state index contributed by atoms with van der Waals surface area (Å²) in [6.45, 7) is 8.02. The lowest BCUT2D eigenvalue weighted by atomic mass is 10.0. The summed E-state index contributed by atoms with van der Waals surface area (Å²) in [5, 5.41) is 21.5. The molecule has 17 nitrogen and oxygen atoms in total. The van der Waals surface area contributed by atoms with Crippen molar-refractivity contribution in [2.45, 2.75) is 90.2 Å². The van der Waals surface area contributed by atoms with Crippen molar-refractivity contribution < 1.29 is 48.2 Å². The predicted octanol–water partition coefficient (Wildman–Crippen LogP) is -0.104. The number of ether oxygens (including phenoxy) is 1. The van der Waals surface area contributed by atoms with Gasteiger partial charge in [0.25, 0.3) is 0 Å². The minimum atomic E-state index is -1.64. The summed E-state index contributed by atoms with van der Waals surface area (Å²) in [4.78, 5) is 104. The van der Waals surface area contributed by atoms with Gasteiger partial charge in [-0.25, -0.2) is 4.79 Å². The Morgan fingerprint density at radius 2 is 1.25 bits per heavy atom. The van der Waals surface area contributed by atoms with Crippen molar-refractivity contribution in [2.75, 3.05) is 0 Å². The minimum Gasteiger partial charge on any atom is -0.508 e. The number of nitrogens with one attached hydrogen (secondary N) is 5. The van der Waals surface area contributed by atoms with Crippen LogP contribution in [0.3, 0.4) is 0 Å². The summed E-state index contributed by atoms with van der Waals surface area (Å²) >= 11 is 0. The highest BCUT2D eigenvalue weighted by molar-refractivity contribution is 5.99. The number of esters is 1. The Labute approximate surface area is 319 Å². The molecule has 55 heavy (non-hydrogen) atoms. The number of allylic oxidation sites excluding steroid dienone is 6. The van der Waals surface area contributed by atoms with Crippen molar-refractivity contribution in [1.82, 2.24) is 26.6 Å². The van der Waals surface area contributed by atoms with Crippen LogP contribution in [0.15, 0.2) is 66.8 Å². The van der Waals surface area contributed by atoms with E-state index >= 15 is 0 Å². The van der Waals surface area contributed by atoms with E-state index in [2.05, 4.69) is 26.6 Å². The van der Waals surface area contributed by atoms with Crippen LogP contribution in [0.5, 0.6) is 5.75 Å². The number of hydrogen-bond donors (Lipinski definition) is 8. The van der Waals surface area contributed by atoms with Crippen LogP contribution in [0.25, 0.3) is 6.08 Å². The fraction of sp³-hybridized carbons (Fsp3) is 0.421. The van der Waals surface area contributed by atoms with E-state index in [0.29, 0.717) is 0 Å². The molecule has 6 atom stereocenters. The van der Waals surface area contributed by atoms with Crippen molar-refractivity contribution in [3.8, 4) is 5.75 Å². The van der Waals surface area contributed by atoms with Crippen LogP contribution in [0.2, 0.25) is 0 Å². The van der Waals surface area contributed by atoms with Gasteiger partial charge in [0.1, 0.15) is 42.1 Å². The van der Waals surface area contributed by atoms with Crippen LogP contribution < -0.4 is 38.1 Å². The molecule has 0 aromatic heterocycles. The number of phenolic OH excluding ortho intramolecular Hbond substituents is 1. The van der Waals surface area contributed by atoms with Crippen LogP contribution in [0.1, 0.15) is 59.4 Å². The van der Waals surface area contributed by atoms with E-state index < -0.39 is 102 Å². The molecule has 298 valence electrons. The van der Waals surface area contributed by atoms with E-state index in [1.54, 1.807) is 82.3 Å². The Bertz CT molecular complexity index is 1680. The largest absolute Gasteiger partial charge is 0.508 e. The lowest BCUT2D eigenvalue weighted by Crippen LogP contribution is -2.62. The summed E-state index contributed by atoms with van der Waals surface area (Å²) in [5.41, 5.74) is 11.5. The molecule has 0 aliphatic carbocycles. The molecular weight excluding hydrogens is 714 g/mol. The average molecular weight is 766 g/mol. The van der Waals surface area contributed by atoms with Gasteiger partial charge in [0, 0.05) is 6.08 Å². The Kier molecular flexibility index (Phi) is 18.0. The molecule has 1 heterocycles. The molecule has 1 saturated heterocycles. The highest BCUT2D eigenvalue weighted by Crippen LogP contribution is 2.13. The Morgan fingerprint density at radius 3 is 1.78 bits per heavy atom. The number of carbonyl (C=O) groups is 8. The first-order valence-corrected chi connectivity index (χ1v) is 17.6. The second-order valence-electron chi connectivity index (χ2n) is 13.6. The molecule has 0 bridgehead atoms. The number of benzene rings is 1. The fourth-order valence-electron chi connectivity index (χ4n) is 5.17. The third-order valence-corrected chi connectivity index (χ3v) is 7.97. The highest BCUT2D eigenvalue weighted by Gasteiger charge is 2.38. The first-order valence-electron chi connectivity index (χ1n) is 17.6. The molecule has 0 radical (unpaired) electrons. The van der Waals surface area contributed by atoms with Gasteiger partial charge in [-0.3, -0.25) is 33.6 Å². The number of carbonyl (C=O) groups excluding carboxylic acids is 8. The van der Waals surface area contributed by atoms with Crippen LogP contribution in [0.4, 0.5) is 0 Å². The van der Waals surface area contributed by atoms with Crippen molar-refractivity contribution in [2.24, 2.45) is 23.3 Å². The number of rotatable bonds is 13. The van der Waals surface area contributed by atoms with Gasteiger partial charge in [-0.15, -0.1) is 0 Å². The van der Waals surface area contributed by atoms with Crippen LogP contribution in [0, 0.1) is 11.8 Å². The molecule has 1 aliphatic rings. The Balaban J connectivity index is 2.43. The molecule has 1 aliphatic heterocycles. The molecule has 2 rings (SSSR count). The normalized spacial score (nSPS) is 23.5.